The number of phosphoric acid groups is 1. The molecule has 0 radical (unpaired) electrons. The molecular weight excluding hydrogens is 1550 g/mol. The Bertz CT molecular complexity index is 2530. The van der Waals surface area contributed by atoms with Gasteiger partial charge in [-0.1, -0.05) is 355 Å². The number of aliphatic hydroxyl groups is 9. The van der Waals surface area contributed by atoms with E-state index in [1.807, 2.05) is 0 Å². The van der Waals surface area contributed by atoms with Crippen molar-refractivity contribution in [2.45, 2.75) is 524 Å². The van der Waals surface area contributed by atoms with Crippen LogP contribution in [0.25, 0.3) is 0 Å². The van der Waals surface area contributed by atoms with Gasteiger partial charge < -0.3 is 88.7 Å². The lowest BCUT2D eigenvalue weighted by Crippen LogP contribution is -2.70. The summed E-state index contributed by atoms with van der Waals surface area (Å²) in [6.45, 7) is 7.91. The average Bonchev–Trinajstić information content (AvgIpc) is 0.755. The van der Waals surface area contributed by atoms with Crippen molar-refractivity contribution in [3.63, 3.8) is 0 Å². The Kier molecular flexibility index (Phi) is 66.1. The number of hydrogen-bond acceptors (Lipinski definition) is 24. The van der Waals surface area contributed by atoms with Crippen LogP contribution < -0.4 is 0 Å². The first-order valence-corrected chi connectivity index (χ1v) is 49.8. The fourth-order valence-electron chi connectivity index (χ4n) is 16.1. The molecule has 19 unspecified atom stereocenters. The monoisotopic (exact) mass is 1720 g/mol. The van der Waals surface area contributed by atoms with Gasteiger partial charge in [-0.2, -0.15) is 0 Å². The largest absolute Gasteiger partial charge is 0.472 e. The molecular formula is C93H173O25P. The van der Waals surface area contributed by atoms with Gasteiger partial charge in [0.25, 0.3) is 0 Å². The van der Waals surface area contributed by atoms with Crippen LogP contribution in [0.1, 0.15) is 420 Å². The van der Waals surface area contributed by atoms with Crippen LogP contribution in [0.15, 0.2) is 12.2 Å². The first-order valence-electron chi connectivity index (χ1n) is 48.3. The Morgan fingerprint density at radius 2 is 0.681 bits per heavy atom. The maximum Gasteiger partial charge on any atom is 0.472 e. The topological polar surface area (TPSA) is 380 Å². The lowest BCUT2D eigenvalue weighted by Gasteiger charge is -2.50. The zero-order valence-electron chi connectivity index (χ0n) is 74.8. The van der Waals surface area contributed by atoms with Crippen molar-refractivity contribution < 1.29 is 122 Å². The number of rotatable bonds is 78. The summed E-state index contributed by atoms with van der Waals surface area (Å²) < 4.78 is 73.6. The maximum atomic E-state index is 14.9. The standard InChI is InChI=1S/C93H173O25P/c1-6-10-14-18-22-25-28-31-33-35-37-40-43-46-53-59-65-77(96)110-71-75-81(100)83(102)87(106)93(114-75)117-90-88(115-79(98)67-61-55-49-48-51-57-63-72(5)62-56-50-21-17-13-9-4)84(103)85(104)89(116-92-86(105)82(101)80(99)74(68-94)113-92)91(90)118-119(107,108)111-70-73(69-109-76(95)64-58-52-45-42-39-36-30-27-24-20-16-12-8-3)112-78(97)66-60-54-47-44-41-38-34-32-29-26-23-19-15-11-7-2/h26,29,72-75,80-94,99-106H,6-25,27-28,30-71H2,1-5H3,(H,107,108)/b29-26-. The summed E-state index contributed by atoms with van der Waals surface area (Å²) in [5, 5.41) is 102. The molecule has 3 rings (SSSR count). The van der Waals surface area contributed by atoms with Crippen molar-refractivity contribution in [2.24, 2.45) is 5.92 Å². The summed E-state index contributed by atoms with van der Waals surface area (Å²) >= 11 is 0. The van der Waals surface area contributed by atoms with Gasteiger partial charge in [-0.05, 0) is 57.3 Å². The minimum absolute atomic E-state index is 0.0185. The third kappa shape index (κ3) is 51.6. The molecule has 1 saturated carbocycles. The number of ether oxygens (including phenoxy) is 8. The van der Waals surface area contributed by atoms with E-state index >= 15 is 0 Å². The smallest absolute Gasteiger partial charge is 0.463 e. The minimum Gasteiger partial charge on any atom is -0.463 e. The number of hydrogen-bond donors (Lipinski definition) is 10. The Morgan fingerprint density at radius 1 is 0.353 bits per heavy atom. The van der Waals surface area contributed by atoms with Crippen molar-refractivity contribution in [3.8, 4) is 0 Å². The molecule has 0 bridgehead atoms. The summed E-state index contributed by atoms with van der Waals surface area (Å²) in [5.41, 5.74) is 0. The van der Waals surface area contributed by atoms with Gasteiger partial charge in [0.1, 0.15) is 92.6 Å². The van der Waals surface area contributed by atoms with Crippen LogP contribution in [0.4, 0.5) is 0 Å². The molecule has 3 aliphatic rings. The molecule has 2 aliphatic heterocycles. The van der Waals surface area contributed by atoms with E-state index in [1.165, 1.54) is 180 Å². The van der Waals surface area contributed by atoms with Crippen molar-refractivity contribution in [1.82, 2.24) is 0 Å². The van der Waals surface area contributed by atoms with E-state index in [2.05, 4.69) is 46.8 Å². The summed E-state index contributed by atoms with van der Waals surface area (Å²) in [6, 6.07) is 0. The number of allylic oxidation sites excluding steroid dienone is 2. The molecule has 0 aromatic heterocycles. The number of phosphoric ester groups is 1. The highest BCUT2D eigenvalue weighted by Crippen LogP contribution is 2.49. The molecule has 1 aliphatic carbocycles. The average molecular weight is 1720 g/mol. The van der Waals surface area contributed by atoms with Crippen molar-refractivity contribution in [3.05, 3.63) is 12.2 Å². The normalized spacial score (nSPS) is 25.1. The van der Waals surface area contributed by atoms with Crippen LogP contribution in [-0.4, -0.2) is 205 Å². The molecule has 0 aromatic carbocycles. The van der Waals surface area contributed by atoms with Crippen LogP contribution in [0.2, 0.25) is 0 Å². The van der Waals surface area contributed by atoms with E-state index in [1.54, 1.807) is 0 Å². The molecule has 2 saturated heterocycles. The van der Waals surface area contributed by atoms with Crippen LogP contribution >= 0.6 is 7.82 Å². The zero-order chi connectivity index (χ0) is 86.9. The third-order valence-electron chi connectivity index (χ3n) is 23.9. The van der Waals surface area contributed by atoms with Crippen molar-refractivity contribution >= 4 is 31.7 Å². The van der Waals surface area contributed by atoms with Gasteiger partial charge in [-0.3, -0.25) is 28.2 Å². The molecule has 0 amide bonds. The van der Waals surface area contributed by atoms with Gasteiger partial charge in [0, 0.05) is 25.7 Å². The summed E-state index contributed by atoms with van der Waals surface area (Å²) in [4.78, 5) is 66.6. The van der Waals surface area contributed by atoms with Crippen LogP contribution in [0.3, 0.4) is 0 Å². The molecule has 3 fully saturated rings. The second-order valence-corrected chi connectivity index (χ2v) is 36.3. The number of carbonyl (C=O) groups excluding carboxylic acids is 4. The lowest BCUT2D eigenvalue weighted by molar-refractivity contribution is -0.360. The summed E-state index contributed by atoms with van der Waals surface area (Å²) in [5.74, 6) is -2.33. The first kappa shape index (κ1) is 110. The van der Waals surface area contributed by atoms with E-state index in [4.69, 9.17) is 46.9 Å². The Hall–Kier alpha value is -2.79. The molecule has 2 heterocycles. The first-order chi connectivity index (χ1) is 57.6. The Labute approximate surface area is 718 Å². The van der Waals surface area contributed by atoms with E-state index in [-0.39, 0.29) is 25.7 Å². The van der Waals surface area contributed by atoms with E-state index in [9.17, 15) is 74.6 Å². The molecule has 26 heteroatoms. The fourth-order valence-corrected chi connectivity index (χ4v) is 17.1. The van der Waals surface area contributed by atoms with Gasteiger partial charge >= 0.3 is 31.7 Å². The maximum absolute atomic E-state index is 14.9. The molecule has 10 N–H and O–H groups in total. The van der Waals surface area contributed by atoms with Crippen molar-refractivity contribution in [1.29, 1.82) is 0 Å². The molecule has 0 spiro atoms. The van der Waals surface area contributed by atoms with Gasteiger partial charge in [-0.15, -0.1) is 0 Å². The molecule has 25 nitrogen and oxygen atoms in total. The van der Waals surface area contributed by atoms with E-state index in [0.717, 1.165) is 141 Å². The quantitative estimate of drug-likeness (QED) is 0.00889. The molecule has 0 aromatic rings. The number of carbonyl (C=O) groups is 4. The summed E-state index contributed by atoms with van der Waals surface area (Å²) in [6.07, 6.45) is 29.1. The third-order valence-corrected chi connectivity index (χ3v) is 24.9. The Balaban J connectivity index is 1.91. The molecule has 700 valence electrons. The predicted octanol–water partition coefficient (Wildman–Crippen LogP) is 18.2. The van der Waals surface area contributed by atoms with Crippen LogP contribution in [0.5, 0.6) is 0 Å². The van der Waals surface area contributed by atoms with Gasteiger partial charge in [-0.25, -0.2) is 4.57 Å². The van der Waals surface area contributed by atoms with Gasteiger partial charge in [0.05, 0.1) is 13.2 Å². The van der Waals surface area contributed by atoms with Crippen LogP contribution in [-0.2, 0) is 70.7 Å². The number of esters is 4. The molecule has 119 heavy (non-hydrogen) atoms. The van der Waals surface area contributed by atoms with Crippen molar-refractivity contribution in [2.75, 3.05) is 26.4 Å². The highest BCUT2D eigenvalue weighted by atomic mass is 31.2. The number of aliphatic hydroxyl groups excluding tert-OH is 9. The second-order valence-electron chi connectivity index (χ2n) is 34.9. The predicted molar refractivity (Wildman–Crippen MR) is 463 cm³/mol. The fraction of sp³-hybridized carbons (Fsp3) is 0.935. The lowest BCUT2D eigenvalue weighted by atomic mass is 9.84. The zero-order valence-corrected chi connectivity index (χ0v) is 75.7. The van der Waals surface area contributed by atoms with E-state index in [0.29, 0.717) is 44.4 Å². The van der Waals surface area contributed by atoms with Gasteiger partial charge in [0.2, 0.25) is 0 Å². The van der Waals surface area contributed by atoms with E-state index < -0.39 is 162 Å². The number of unbranched alkanes of at least 4 members (excludes halogenated alkanes) is 48. The van der Waals surface area contributed by atoms with Gasteiger partial charge in [0.15, 0.2) is 24.8 Å². The minimum atomic E-state index is -5.81. The summed E-state index contributed by atoms with van der Waals surface area (Å²) in [7, 11) is -5.81. The van der Waals surface area contributed by atoms with Crippen LogP contribution in [0, 0.1) is 5.92 Å². The highest BCUT2D eigenvalue weighted by molar-refractivity contribution is 7.47. The molecule has 19 atom stereocenters. The second kappa shape index (κ2) is 71.3. The SMILES string of the molecule is CCCCCC/C=C\CCCCCCCCCC(=O)OC(COC(=O)CCCCCCCCCCCCCCC)COP(=O)(O)OC1C(OC2OC(CO)C(O)C(O)C2O)C(O)C(O)C(OC(=O)CCCCCCCCC(C)CCCCCCCC)C1OC1OC(COC(=O)CCCCCCCCCCCCCCCCCC)C(O)C(O)C1O. The Morgan fingerprint density at radius 3 is 1.09 bits per heavy atom. The highest BCUT2D eigenvalue weighted by Gasteiger charge is 2.60.